The number of nitriles is 1. The van der Waals surface area contributed by atoms with Crippen LogP contribution in [0.4, 0.5) is 5.69 Å². The molecule has 0 N–H and O–H groups in total. The van der Waals surface area contributed by atoms with Crippen LogP contribution in [0.3, 0.4) is 0 Å². The van der Waals surface area contributed by atoms with Crippen molar-refractivity contribution >= 4 is 5.69 Å². The summed E-state index contributed by atoms with van der Waals surface area (Å²) in [7, 11) is 0. The summed E-state index contributed by atoms with van der Waals surface area (Å²) in [5, 5.41) is 9.29. The zero-order chi connectivity index (χ0) is 13.1. The zero-order valence-electron chi connectivity index (χ0n) is 11.3. The van der Waals surface area contributed by atoms with E-state index in [1.807, 2.05) is 13.0 Å². The van der Waals surface area contributed by atoms with Gasteiger partial charge in [-0.05, 0) is 38.0 Å². The fourth-order valence-electron chi connectivity index (χ4n) is 2.47. The monoisotopic (exact) mass is 244 g/mol. The summed E-state index contributed by atoms with van der Waals surface area (Å²) in [6, 6.07) is 8.78. The van der Waals surface area contributed by atoms with E-state index in [2.05, 4.69) is 36.9 Å². The van der Waals surface area contributed by atoms with Gasteiger partial charge in [0.05, 0.1) is 30.0 Å². The van der Waals surface area contributed by atoms with Crippen LogP contribution in [-0.4, -0.2) is 25.3 Å². The molecule has 0 aliphatic carbocycles. The molecule has 2 rings (SSSR count). The first-order valence-electron chi connectivity index (χ1n) is 6.54. The number of anilines is 1. The first-order valence-corrected chi connectivity index (χ1v) is 6.54. The lowest BCUT2D eigenvalue weighted by Gasteiger charge is -2.40. The minimum Gasteiger partial charge on any atom is -0.375 e. The number of nitrogens with zero attached hydrogens (tertiary/aromatic N) is 2. The third-order valence-corrected chi connectivity index (χ3v) is 3.52. The molecule has 0 amide bonds. The van der Waals surface area contributed by atoms with Crippen LogP contribution in [0.2, 0.25) is 0 Å². The third-order valence-electron chi connectivity index (χ3n) is 3.52. The topological polar surface area (TPSA) is 36.3 Å². The largest absolute Gasteiger partial charge is 0.375 e. The Morgan fingerprint density at radius 2 is 2.28 bits per heavy atom. The SMILES string of the molecule is CCC1COC(C)CN1c1ccc(C)cc1C#N. The predicted octanol–water partition coefficient (Wildman–Crippen LogP) is 2.87. The van der Waals surface area contributed by atoms with Crippen LogP contribution in [0.15, 0.2) is 18.2 Å². The Hall–Kier alpha value is -1.53. The third kappa shape index (κ3) is 2.49. The average Bonchev–Trinajstić information content (AvgIpc) is 2.38. The van der Waals surface area contributed by atoms with Crippen LogP contribution in [0, 0.1) is 18.3 Å². The van der Waals surface area contributed by atoms with Gasteiger partial charge in [0.15, 0.2) is 0 Å². The minimum atomic E-state index is 0.223. The zero-order valence-corrected chi connectivity index (χ0v) is 11.3. The number of morpholine rings is 1. The van der Waals surface area contributed by atoms with Crippen molar-refractivity contribution < 1.29 is 4.74 Å². The Balaban J connectivity index is 2.36. The van der Waals surface area contributed by atoms with E-state index < -0.39 is 0 Å². The van der Waals surface area contributed by atoms with Gasteiger partial charge in [-0.15, -0.1) is 0 Å². The van der Waals surface area contributed by atoms with Gasteiger partial charge >= 0.3 is 0 Å². The molecule has 1 heterocycles. The average molecular weight is 244 g/mol. The van der Waals surface area contributed by atoms with E-state index in [-0.39, 0.29) is 6.10 Å². The summed E-state index contributed by atoms with van der Waals surface area (Å²) in [5.41, 5.74) is 2.94. The van der Waals surface area contributed by atoms with Crippen molar-refractivity contribution in [3.8, 4) is 6.07 Å². The fraction of sp³-hybridized carbons (Fsp3) is 0.533. The van der Waals surface area contributed by atoms with Crippen molar-refractivity contribution in [3.05, 3.63) is 29.3 Å². The molecule has 1 fully saturated rings. The first-order chi connectivity index (χ1) is 8.65. The van der Waals surface area contributed by atoms with Gasteiger partial charge in [0.2, 0.25) is 0 Å². The minimum absolute atomic E-state index is 0.223. The highest BCUT2D eigenvalue weighted by molar-refractivity contribution is 5.61. The fourth-order valence-corrected chi connectivity index (χ4v) is 2.47. The maximum Gasteiger partial charge on any atom is 0.101 e. The quantitative estimate of drug-likeness (QED) is 0.802. The normalized spacial score (nSPS) is 23.8. The van der Waals surface area contributed by atoms with Crippen molar-refractivity contribution in [2.75, 3.05) is 18.1 Å². The van der Waals surface area contributed by atoms with Crippen molar-refractivity contribution in [2.24, 2.45) is 0 Å². The van der Waals surface area contributed by atoms with Crippen LogP contribution < -0.4 is 4.90 Å². The molecule has 0 aromatic heterocycles. The van der Waals surface area contributed by atoms with Gasteiger partial charge in [-0.25, -0.2) is 0 Å². The summed E-state index contributed by atoms with van der Waals surface area (Å²) in [6.45, 7) is 7.87. The Labute approximate surface area is 109 Å². The van der Waals surface area contributed by atoms with Crippen LogP contribution in [0.5, 0.6) is 0 Å². The number of hydrogen-bond acceptors (Lipinski definition) is 3. The lowest BCUT2D eigenvalue weighted by atomic mass is 10.0. The van der Waals surface area contributed by atoms with Gasteiger partial charge in [0.1, 0.15) is 6.07 Å². The van der Waals surface area contributed by atoms with Gasteiger partial charge in [-0.1, -0.05) is 13.0 Å². The Morgan fingerprint density at radius 3 is 2.94 bits per heavy atom. The van der Waals surface area contributed by atoms with Gasteiger partial charge < -0.3 is 9.64 Å². The Kier molecular flexibility index (Phi) is 3.88. The number of hydrogen-bond donors (Lipinski definition) is 0. The van der Waals surface area contributed by atoms with Crippen molar-refractivity contribution in [2.45, 2.75) is 39.3 Å². The first kappa shape index (κ1) is 12.9. The van der Waals surface area contributed by atoms with Gasteiger partial charge in [-0.2, -0.15) is 5.26 Å². The second-order valence-corrected chi connectivity index (χ2v) is 4.99. The van der Waals surface area contributed by atoms with E-state index in [0.29, 0.717) is 6.04 Å². The van der Waals surface area contributed by atoms with E-state index in [9.17, 15) is 5.26 Å². The molecule has 1 aromatic rings. The molecule has 0 saturated carbocycles. The molecule has 0 spiro atoms. The Morgan fingerprint density at radius 1 is 1.50 bits per heavy atom. The summed E-state index contributed by atoms with van der Waals surface area (Å²) in [5.74, 6) is 0. The molecule has 18 heavy (non-hydrogen) atoms. The Bertz CT molecular complexity index is 464. The molecule has 2 unspecified atom stereocenters. The summed E-state index contributed by atoms with van der Waals surface area (Å²) in [4.78, 5) is 2.33. The summed E-state index contributed by atoms with van der Waals surface area (Å²) in [6.07, 6.45) is 1.26. The number of rotatable bonds is 2. The maximum absolute atomic E-state index is 9.29. The molecule has 2 atom stereocenters. The van der Waals surface area contributed by atoms with E-state index >= 15 is 0 Å². The smallest absolute Gasteiger partial charge is 0.101 e. The van der Waals surface area contributed by atoms with E-state index in [0.717, 1.165) is 36.4 Å². The highest BCUT2D eigenvalue weighted by atomic mass is 16.5. The van der Waals surface area contributed by atoms with Crippen LogP contribution in [0.1, 0.15) is 31.4 Å². The van der Waals surface area contributed by atoms with Crippen LogP contribution in [-0.2, 0) is 4.74 Å². The molecular formula is C15H20N2O. The number of aryl methyl sites for hydroxylation is 1. The molecule has 3 nitrogen and oxygen atoms in total. The number of benzene rings is 1. The lowest BCUT2D eigenvalue weighted by Crippen LogP contribution is -2.49. The van der Waals surface area contributed by atoms with Crippen molar-refractivity contribution in [1.29, 1.82) is 5.26 Å². The van der Waals surface area contributed by atoms with Crippen LogP contribution >= 0.6 is 0 Å². The molecule has 0 radical (unpaired) electrons. The van der Waals surface area contributed by atoms with Crippen molar-refractivity contribution in [1.82, 2.24) is 0 Å². The second kappa shape index (κ2) is 5.41. The molecule has 1 aromatic carbocycles. The highest BCUT2D eigenvalue weighted by Crippen LogP contribution is 2.27. The molecular weight excluding hydrogens is 224 g/mol. The standard InChI is InChI=1S/C15H20N2O/c1-4-14-10-18-12(3)9-17(14)15-6-5-11(2)7-13(15)8-16/h5-7,12,14H,4,9-10H2,1-3H3. The lowest BCUT2D eigenvalue weighted by molar-refractivity contribution is 0.0299. The van der Waals surface area contributed by atoms with Crippen LogP contribution in [0.25, 0.3) is 0 Å². The summed E-state index contributed by atoms with van der Waals surface area (Å²) < 4.78 is 5.71. The second-order valence-electron chi connectivity index (χ2n) is 4.99. The van der Waals surface area contributed by atoms with E-state index in [1.54, 1.807) is 0 Å². The van der Waals surface area contributed by atoms with Gasteiger partial charge in [0.25, 0.3) is 0 Å². The molecule has 96 valence electrons. The molecule has 1 aliphatic heterocycles. The van der Waals surface area contributed by atoms with Gasteiger partial charge in [-0.3, -0.25) is 0 Å². The molecule has 0 bridgehead atoms. The molecule has 3 heteroatoms. The van der Waals surface area contributed by atoms with E-state index in [4.69, 9.17) is 4.74 Å². The van der Waals surface area contributed by atoms with E-state index in [1.165, 1.54) is 0 Å². The maximum atomic E-state index is 9.29. The predicted molar refractivity (Wildman–Crippen MR) is 72.7 cm³/mol. The number of ether oxygens (including phenoxy) is 1. The molecule has 1 aliphatic rings. The van der Waals surface area contributed by atoms with Gasteiger partial charge in [0, 0.05) is 6.54 Å². The highest BCUT2D eigenvalue weighted by Gasteiger charge is 2.27. The summed E-state index contributed by atoms with van der Waals surface area (Å²) >= 11 is 0. The van der Waals surface area contributed by atoms with Crippen molar-refractivity contribution in [3.63, 3.8) is 0 Å². The molecule has 1 saturated heterocycles.